The van der Waals surface area contributed by atoms with Crippen molar-refractivity contribution in [1.29, 1.82) is 0 Å². The highest BCUT2D eigenvalue weighted by Gasteiger charge is 2.37. The van der Waals surface area contributed by atoms with E-state index in [2.05, 4.69) is 12.2 Å². The summed E-state index contributed by atoms with van der Waals surface area (Å²) in [6.07, 6.45) is 1.85. The van der Waals surface area contributed by atoms with Crippen LogP contribution in [0.4, 0.5) is 10.5 Å². The smallest absolute Gasteiger partial charge is 0.322 e. The summed E-state index contributed by atoms with van der Waals surface area (Å²) in [5.74, 6) is -1.55. The molecule has 2 rings (SSSR count). The number of urea groups is 1. The number of para-hydroxylation sites is 1. The molecule has 0 aliphatic carbocycles. The lowest BCUT2D eigenvalue weighted by Crippen LogP contribution is -2.50. The number of carboxylic acids is 1. The molecule has 1 heterocycles. The largest absolute Gasteiger partial charge is 0.481 e. The van der Waals surface area contributed by atoms with E-state index in [9.17, 15) is 14.7 Å². The van der Waals surface area contributed by atoms with Gasteiger partial charge in [0, 0.05) is 17.8 Å². The van der Waals surface area contributed by atoms with Gasteiger partial charge in [0.05, 0.1) is 0 Å². The number of carbonyl (C=O) groups is 2. The number of nitrogens with one attached hydrogen (secondary N) is 1. The fourth-order valence-electron chi connectivity index (χ4n) is 2.86. The third-order valence-corrected chi connectivity index (χ3v) is 3.83. The van der Waals surface area contributed by atoms with Crippen molar-refractivity contribution in [1.82, 2.24) is 5.32 Å². The number of aliphatic carboxylic acids is 1. The Morgan fingerprint density at radius 2 is 2.05 bits per heavy atom. The van der Waals surface area contributed by atoms with Gasteiger partial charge in [-0.05, 0) is 31.9 Å². The zero-order valence-corrected chi connectivity index (χ0v) is 12.7. The predicted octanol–water partition coefficient (Wildman–Crippen LogP) is 2.96. The molecular weight excluding hydrogens is 268 g/mol. The van der Waals surface area contributed by atoms with Crippen LogP contribution in [0, 0.1) is 0 Å². The van der Waals surface area contributed by atoms with Crippen LogP contribution in [0.3, 0.4) is 0 Å². The maximum absolute atomic E-state index is 12.5. The first-order valence-corrected chi connectivity index (χ1v) is 7.27. The van der Waals surface area contributed by atoms with Crippen molar-refractivity contribution in [2.45, 2.75) is 45.1 Å². The molecule has 0 fully saturated rings. The van der Waals surface area contributed by atoms with E-state index in [1.165, 1.54) is 4.90 Å². The number of amides is 2. The molecule has 5 nitrogen and oxygen atoms in total. The molecular formula is C16H22N2O3. The lowest BCUT2D eigenvalue weighted by Gasteiger charge is -2.29. The zero-order valence-electron chi connectivity index (χ0n) is 12.7. The zero-order chi connectivity index (χ0) is 15.6. The first-order chi connectivity index (χ1) is 9.85. The third kappa shape index (κ3) is 3.17. The highest BCUT2D eigenvalue weighted by atomic mass is 16.4. The summed E-state index contributed by atoms with van der Waals surface area (Å²) in [5, 5.41) is 12.3. The summed E-state index contributed by atoms with van der Waals surface area (Å²) in [4.78, 5) is 25.4. The fourth-order valence-corrected chi connectivity index (χ4v) is 2.86. The van der Waals surface area contributed by atoms with E-state index in [1.807, 2.05) is 19.9 Å². The Hall–Kier alpha value is -2.04. The minimum absolute atomic E-state index is 0.183. The van der Waals surface area contributed by atoms with Crippen molar-refractivity contribution in [3.8, 4) is 0 Å². The predicted molar refractivity (Wildman–Crippen MR) is 81.7 cm³/mol. The van der Waals surface area contributed by atoms with E-state index in [-0.39, 0.29) is 18.1 Å². The molecule has 0 saturated heterocycles. The molecule has 2 N–H and O–H groups in total. The van der Waals surface area contributed by atoms with E-state index in [0.717, 1.165) is 12.8 Å². The van der Waals surface area contributed by atoms with Gasteiger partial charge in [-0.2, -0.15) is 0 Å². The second kappa shape index (κ2) is 5.76. The molecule has 0 saturated carbocycles. The van der Waals surface area contributed by atoms with Crippen molar-refractivity contribution in [3.05, 3.63) is 29.8 Å². The molecule has 0 aromatic heterocycles. The van der Waals surface area contributed by atoms with Gasteiger partial charge in [-0.25, -0.2) is 4.79 Å². The van der Waals surface area contributed by atoms with Crippen LogP contribution in [0.1, 0.15) is 45.1 Å². The van der Waals surface area contributed by atoms with Crippen molar-refractivity contribution in [2.24, 2.45) is 0 Å². The molecule has 2 amide bonds. The molecule has 1 aromatic rings. The number of fused-ring (bicyclic) bond motifs is 1. The Labute approximate surface area is 125 Å². The van der Waals surface area contributed by atoms with Gasteiger partial charge < -0.3 is 10.4 Å². The number of anilines is 1. The van der Waals surface area contributed by atoms with Crippen LogP contribution in [0.5, 0.6) is 0 Å². The molecule has 1 aliphatic rings. The Balaban J connectivity index is 2.22. The quantitative estimate of drug-likeness (QED) is 0.895. The van der Waals surface area contributed by atoms with Crippen LogP contribution in [0.2, 0.25) is 0 Å². The fraction of sp³-hybridized carbons (Fsp3) is 0.500. The minimum atomic E-state index is -0.898. The standard InChI is InChI=1S/C16H22N2O3/c1-4-9-16(2,3)17-15(21)18-10-12(14(19)20)11-7-5-6-8-13(11)18/h5-8,12H,4,9-10H2,1-3H3,(H,17,21)(H,19,20). The van der Waals surface area contributed by atoms with Gasteiger partial charge in [0.25, 0.3) is 0 Å². The van der Waals surface area contributed by atoms with Crippen LogP contribution in [0.25, 0.3) is 0 Å². The molecule has 1 aromatic carbocycles. The van der Waals surface area contributed by atoms with Crippen molar-refractivity contribution < 1.29 is 14.7 Å². The first kappa shape index (κ1) is 15.4. The van der Waals surface area contributed by atoms with Gasteiger partial charge in [0.1, 0.15) is 5.92 Å². The Morgan fingerprint density at radius 1 is 1.38 bits per heavy atom. The molecule has 1 unspecified atom stereocenters. The van der Waals surface area contributed by atoms with Crippen LogP contribution >= 0.6 is 0 Å². The summed E-state index contributed by atoms with van der Waals surface area (Å²) in [5.41, 5.74) is 1.09. The number of nitrogens with zero attached hydrogens (tertiary/aromatic N) is 1. The number of hydrogen-bond acceptors (Lipinski definition) is 2. The number of benzene rings is 1. The van der Waals surface area contributed by atoms with Gasteiger partial charge in [-0.1, -0.05) is 31.5 Å². The summed E-state index contributed by atoms with van der Waals surface area (Å²) in [7, 11) is 0. The highest BCUT2D eigenvalue weighted by Crippen LogP contribution is 2.36. The summed E-state index contributed by atoms with van der Waals surface area (Å²) < 4.78 is 0. The summed E-state index contributed by atoms with van der Waals surface area (Å²) in [6.45, 7) is 6.21. The Bertz CT molecular complexity index is 554. The van der Waals surface area contributed by atoms with Gasteiger partial charge in [0.2, 0.25) is 0 Å². The molecule has 1 aliphatic heterocycles. The van der Waals surface area contributed by atoms with Crippen LogP contribution in [-0.2, 0) is 4.79 Å². The summed E-state index contributed by atoms with van der Waals surface area (Å²) >= 11 is 0. The molecule has 21 heavy (non-hydrogen) atoms. The number of carboxylic acid groups (broad SMARTS) is 1. The SMILES string of the molecule is CCCC(C)(C)NC(=O)N1CC(C(=O)O)c2ccccc21. The van der Waals surface area contributed by atoms with Crippen molar-refractivity contribution in [2.75, 3.05) is 11.4 Å². The molecule has 0 bridgehead atoms. The van der Waals surface area contributed by atoms with E-state index in [4.69, 9.17) is 0 Å². The minimum Gasteiger partial charge on any atom is -0.481 e. The Morgan fingerprint density at radius 3 is 2.67 bits per heavy atom. The van der Waals surface area contributed by atoms with Crippen LogP contribution in [-0.4, -0.2) is 29.2 Å². The van der Waals surface area contributed by atoms with Gasteiger partial charge in [-0.15, -0.1) is 0 Å². The van der Waals surface area contributed by atoms with Crippen LogP contribution in [0.15, 0.2) is 24.3 Å². The van der Waals surface area contributed by atoms with Crippen molar-refractivity contribution >= 4 is 17.7 Å². The van der Waals surface area contributed by atoms with E-state index < -0.39 is 11.9 Å². The molecule has 0 radical (unpaired) electrons. The molecule has 5 heteroatoms. The molecule has 1 atom stereocenters. The maximum Gasteiger partial charge on any atom is 0.322 e. The van der Waals surface area contributed by atoms with Gasteiger partial charge in [0.15, 0.2) is 0 Å². The second-order valence-corrected chi connectivity index (χ2v) is 6.12. The van der Waals surface area contributed by atoms with Gasteiger partial charge >= 0.3 is 12.0 Å². The average Bonchev–Trinajstić information content (AvgIpc) is 2.77. The van der Waals surface area contributed by atoms with Crippen LogP contribution < -0.4 is 10.2 Å². The first-order valence-electron chi connectivity index (χ1n) is 7.27. The van der Waals surface area contributed by atoms with E-state index >= 15 is 0 Å². The summed E-state index contributed by atoms with van der Waals surface area (Å²) in [6, 6.07) is 6.96. The topological polar surface area (TPSA) is 69.6 Å². The van der Waals surface area contributed by atoms with E-state index in [0.29, 0.717) is 11.3 Å². The van der Waals surface area contributed by atoms with E-state index in [1.54, 1.807) is 18.2 Å². The highest BCUT2D eigenvalue weighted by molar-refractivity contribution is 5.98. The normalized spacial score (nSPS) is 17.5. The molecule has 0 spiro atoms. The number of carbonyl (C=O) groups excluding carboxylic acids is 1. The lowest BCUT2D eigenvalue weighted by molar-refractivity contribution is -0.138. The van der Waals surface area contributed by atoms with Crippen molar-refractivity contribution in [3.63, 3.8) is 0 Å². The lowest BCUT2D eigenvalue weighted by atomic mass is 9.99. The number of hydrogen-bond donors (Lipinski definition) is 2. The van der Waals surface area contributed by atoms with Gasteiger partial charge in [-0.3, -0.25) is 9.69 Å². The monoisotopic (exact) mass is 290 g/mol. The number of rotatable bonds is 4. The molecule has 114 valence electrons. The second-order valence-electron chi connectivity index (χ2n) is 6.12. The maximum atomic E-state index is 12.5. The average molecular weight is 290 g/mol. The Kier molecular flexibility index (Phi) is 4.21. The third-order valence-electron chi connectivity index (χ3n) is 3.83.